The van der Waals surface area contributed by atoms with Crippen LogP contribution >= 0.6 is 0 Å². The van der Waals surface area contributed by atoms with Crippen LogP contribution in [-0.4, -0.2) is 42.2 Å². The minimum absolute atomic E-state index is 0.00335. The van der Waals surface area contributed by atoms with Crippen molar-refractivity contribution in [3.8, 4) is 5.75 Å². The van der Waals surface area contributed by atoms with E-state index in [1.807, 2.05) is 19.1 Å². The summed E-state index contributed by atoms with van der Waals surface area (Å²) in [6.45, 7) is 1.24. The Balaban J connectivity index is 1.47. The van der Waals surface area contributed by atoms with Crippen molar-refractivity contribution in [2.75, 3.05) is 18.6 Å². The van der Waals surface area contributed by atoms with Crippen molar-refractivity contribution in [1.29, 1.82) is 0 Å². The van der Waals surface area contributed by atoms with E-state index in [0.29, 0.717) is 6.42 Å². The van der Waals surface area contributed by atoms with Gasteiger partial charge in [0.15, 0.2) is 12.4 Å². The molecule has 0 spiro atoms. The Bertz CT molecular complexity index is 1270. The van der Waals surface area contributed by atoms with Crippen LogP contribution in [0.25, 0.3) is 0 Å². The molecule has 4 rings (SSSR count). The van der Waals surface area contributed by atoms with Gasteiger partial charge in [-0.1, -0.05) is 25.1 Å². The molecule has 0 radical (unpaired) electrons. The second-order valence-electron chi connectivity index (χ2n) is 8.36. The molecule has 10 nitrogen and oxygen atoms in total. The number of Topliss-reactive ketones (excluding diaryl/α,β-unsaturated/α-hetero) is 1. The summed E-state index contributed by atoms with van der Waals surface area (Å²) in [5.41, 5.74) is -0.0918. The molecular formula is C25H22N2O8. The number of anilines is 1. The van der Waals surface area contributed by atoms with Gasteiger partial charge >= 0.3 is 11.7 Å². The Morgan fingerprint density at radius 3 is 2.57 bits per heavy atom. The van der Waals surface area contributed by atoms with Crippen LogP contribution in [0.3, 0.4) is 0 Å². The number of fused-ring (bicyclic) bond motifs is 1. The fourth-order valence-electron chi connectivity index (χ4n) is 4.48. The van der Waals surface area contributed by atoms with Crippen molar-refractivity contribution in [2.24, 2.45) is 17.8 Å². The van der Waals surface area contributed by atoms with Crippen LogP contribution in [0.5, 0.6) is 5.75 Å². The topological polar surface area (TPSA) is 133 Å². The number of hydrogen-bond donors (Lipinski definition) is 0. The number of ether oxygens (including phenoxy) is 2. The number of amides is 2. The molecule has 0 unspecified atom stereocenters. The first kappa shape index (κ1) is 23.8. The number of methoxy groups -OCH3 is 1. The van der Waals surface area contributed by atoms with E-state index in [9.17, 15) is 29.3 Å². The lowest BCUT2D eigenvalue weighted by Crippen LogP contribution is -2.31. The van der Waals surface area contributed by atoms with E-state index in [0.717, 1.165) is 11.0 Å². The molecule has 0 saturated carbocycles. The first-order valence-corrected chi connectivity index (χ1v) is 10.9. The van der Waals surface area contributed by atoms with Crippen molar-refractivity contribution in [3.05, 3.63) is 75.9 Å². The zero-order chi connectivity index (χ0) is 25.3. The first-order chi connectivity index (χ1) is 16.7. The summed E-state index contributed by atoms with van der Waals surface area (Å²) in [7, 11) is 1.27. The Hall–Kier alpha value is -4.34. The van der Waals surface area contributed by atoms with Crippen LogP contribution in [0.4, 0.5) is 11.4 Å². The number of nitro benzene ring substituents is 1. The van der Waals surface area contributed by atoms with E-state index in [1.54, 1.807) is 6.07 Å². The van der Waals surface area contributed by atoms with Crippen LogP contribution < -0.4 is 9.64 Å². The average molecular weight is 478 g/mol. The maximum absolute atomic E-state index is 13.0. The molecule has 0 N–H and O–H groups in total. The van der Waals surface area contributed by atoms with Gasteiger partial charge in [0.25, 0.3) is 0 Å². The van der Waals surface area contributed by atoms with Crippen LogP contribution in [0.15, 0.2) is 54.6 Å². The average Bonchev–Trinajstić information content (AvgIpc) is 3.12. The highest BCUT2D eigenvalue weighted by Gasteiger charge is 2.50. The van der Waals surface area contributed by atoms with Gasteiger partial charge in [0.1, 0.15) is 0 Å². The molecule has 1 aliphatic carbocycles. The molecule has 2 aromatic rings. The Morgan fingerprint density at radius 2 is 1.89 bits per heavy atom. The molecule has 1 fully saturated rings. The van der Waals surface area contributed by atoms with Gasteiger partial charge in [0.2, 0.25) is 17.6 Å². The highest BCUT2D eigenvalue weighted by atomic mass is 16.6. The maximum Gasteiger partial charge on any atom is 0.338 e. The molecule has 1 heterocycles. The number of nitrogens with zero attached hydrogens (tertiary/aromatic N) is 2. The molecular weight excluding hydrogens is 456 g/mol. The highest BCUT2D eigenvalue weighted by Crippen LogP contribution is 2.40. The van der Waals surface area contributed by atoms with Gasteiger partial charge in [-0.15, -0.1) is 0 Å². The molecule has 2 aliphatic rings. The minimum atomic E-state index is -0.838. The summed E-state index contributed by atoms with van der Waals surface area (Å²) in [4.78, 5) is 62.5. The molecule has 2 amide bonds. The minimum Gasteiger partial charge on any atom is -0.490 e. The van der Waals surface area contributed by atoms with E-state index in [1.165, 1.54) is 37.4 Å². The molecule has 10 heteroatoms. The van der Waals surface area contributed by atoms with E-state index < -0.39 is 35.1 Å². The predicted molar refractivity (Wildman–Crippen MR) is 123 cm³/mol. The fraction of sp³-hybridized carbons (Fsp3) is 0.280. The van der Waals surface area contributed by atoms with Crippen LogP contribution in [-0.2, 0) is 14.3 Å². The summed E-state index contributed by atoms with van der Waals surface area (Å²) < 4.78 is 10.0. The van der Waals surface area contributed by atoms with Gasteiger partial charge in [0.05, 0.1) is 35.1 Å². The monoisotopic (exact) mass is 478 g/mol. The maximum atomic E-state index is 13.0. The third-order valence-electron chi connectivity index (χ3n) is 6.24. The molecule has 0 aromatic heterocycles. The number of carbonyl (C=O) groups excluding carboxylic acids is 4. The molecule has 3 atom stereocenters. The second kappa shape index (κ2) is 9.49. The predicted octanol–water partition coefficient (Wildman–Crippen LogP) is 3.34. The van der Waals surface area contributed by atoms with E-state index >= 15 is 0 Å². The fourth-order valence-corrected chi connectivity index (χ4v) is 4.48. The third kappa shape index (κ3) is 4.42. The number of imide groups is 1. The number of benzene rings is 2. The van der Waals surface area contributed by atoms with Gasteiger partial charge in [-0.2, -0.15) is 0 Å². The third-order valence-corrected chi connectivity index (χ3v) is 6.24. The van der Waals surface area contributed by atoms with Crippen molar-refractivity contribution >= 4 is 34.9 Å². The van der Waals surface area contributed by atoms with E-state index in [2.05, 4.69) is 0 Å². The van der Waals surface area contributed by atoms with Gasteiger partial charge in [0, 0.05) is 11.6 Å². The lowest BCUT2D eigenvalue weighted by molar-refractivity contribution is -0.385. The van der Waals surface area contributed by atoms with E-state index in [4.69, 9.17) is 9.47 Å². The summed E-state index contributed by atoms with van der Waals surface area (Å²) in [5, 5.41) is 11.2. The van der Waals surface area contributed by atoms with Crippen LogP contribution in [0.1, 0.15) is 34.1 Å². The van der Waals surface area contributed by atoms with Gasteiger partial charge in [-0.05, 0) is 42.7 Å². The zero-order valence-corrected chi connectivity index (χ0v) is 19.0. The van der Waals surface area contributed by atoms with Gasteiger partial charge < -0.3 is 9.47 Å². The van der Waals surface area contributed by atoms with E-state index in [-0.39, 0.29) is 46.0 Å². The summed E-state index contributed by atoms with van der Waals surface area (Å²) in [6, 6.07) is 9.56. The second-order valence-corrected chi connectivity index (χ2v) is 8.36. The molecule has 2 aromatic carbocycles. The Labute approximate surface area is 200 Å². The SMILES string of the molecule is COc1ccc(C(=O)COC(=O)c2cccc(N3C(=O)[C@H]4[C@@H](C)C=CC[C@H]4C3=O)c2)cc1[N+](=O)[O-]. The lowest BCUT2D eigenvalue weighted by atomic mass is 9.78. The first-order valence-electron chi connectivity index (χ1n) is 10.9. The molecule has 1 saturated heterocycles. The summed E-state index contributed by atoms with van der Waals surface area (Å²) in [6.07, 6.45) is 4.32. The normalized spacial score (nSPS) is 21.0. The quantitative estimate of drug-likeness (QED) is 0.148. The largest absolute Gasteiger partial charge is 0.490 e. The molecule has 1 aliphatic heterocycles. The number of hydrogen-bond acceptors (Lipinski definition) is 8. The summed E-state index contributed by atoms with van der Waals surface area (Å²) in [5.74, 6) is -3.03. The number of allylic oxidation sites excluding steroid dienone is 2. The number of rotatable bonds is 7. The standard InChI is InChI=1S/C25H22N2O8/c1-14-5-3-8-18-22(14)24(30)26(23(18)29)17-7-4-6-16(11-17)25(31)35-13-20(28)15-9-10-21(34-2)19(12-15)27(32)33/h3-7,9-12,14,18,22H,8,13H2,1-2H3/t14-,18+,22-/m0/s1. The lowest BCUT2D eigenvalue weighted by Gasteiger charge is -2.22. The summed E-state index contributed by atoms with van der Waals surface area (Å²) >= 11 is 0. The molecule has 180 valence electrons. The number of carbonyl (C=O) groups is 4. The Morgan fingerprint density at radius 1 is 1.11 bits per heavy atom. The van der Waals surface area contributed by atoms with Crippen molar-refractivity contribution in [2.45, 2.75) is 13.3 Å². The van der Waals surface area contributed by atoms with Gasteiger partial charge in [-0.25, -0.2) is 4.79 Å². The zero-order valence-electron chi connectivity index (χ0n) is 19.0. The van der Waals surface area contributed by atoms with Crippen molar-refractivity contribution < 1.29 is 33.6 Å². The number of ketones is 1. The van der Waals surface area contributed by atoms with Crippen molar-refractivity contribution in [1.82, 2.24) is 0 Å². The Kier molecular flexibility index (Phi) is 6.46. The highest BCUT2D eigenvalue weighted by molar-refractivity contribution is 6.22. The van der Waals surface area contributed by atoms with Gasteiger partial charge in [-0.3, -0.25) is 29.4 Å². The smallest absolute Gasteiger partial charge is 0.338 e. The van der Waals surface area contributed by atoms with Crippen LogP contribution in [0, 0.1) is 27.9 Å². The number of esters is 1. The number of nitro groups is 1. The van der Waals surface area contributed by atoms with Crippen LogP contribution in [0.2, 0.25) is 0 Å². The molecule has 0 bridgehead atoms. The van der Waals surface area contributed by atoms with Crippen molar-refractivity contribution in [3.63, 3.8) is 0 Å². The molecule has 35 heavy (non-hydrogen) atoms.